The van der Waals surface area contributed by atoms with Crippen LogP contribution in [0.5, 0.6) is 17.2 Å². The highest BCUT2D eigenvalue weighted by Gasteiger charge is 2.17. The van der Waals surface area contributed by atoms with Gasteiger partial charge in [-0.2, -0.15) is 8.42 Å². The maximum absolute atomic E-state index is 11.6. The van der Waals surface area contributed by atoms with Crippen LogP contribution in [0.25, 0.3) is 33.1 Å². The highest BCUT2D eigenvalue weighted by molar-refractivity contribution is 7.86. The lowest BCUT2D eigenvalue weighted by Crippen LogP contribution is -2.37. The third kappa shape index (κ3) is 6.24. The number of benzene rings is 2. The Labute approximate surface area is 221 Å². The van der Waals surface area contributed by atoms with E-state index in [4.69, 9.17) is 18.4 Å². The maximum Gasteiger partial charge on any atom is 0.306 e. The molecule has 1 aliphatic rings. The number of ether oxygens (including phenoxy) is 3. The van der Waals surface area contributed by atoms with Crippen LogP contribution in [0.4, 0.5) is 0 Å². The van der Waals surface area contributed by atoms with Crippen molar-refractivity contribution in [2.75, 3.05) is 52.8 Å². The molecule has 1 saturated heterocycles. The molecule has 1 aliphatic heterocycles. The number of hydrogen-bond donors (Lipinski definition) is 1. The Hall–Kier alpha value is -3.12. The van der Waals surface area contributed by atoms with Crippen molar-refractivity contribution >= 4 is 44.3 Å². The van der Waals surface area contributed by atoms with Crippen molar-refractivity contribution in [2.24, 2.45) is 0 Å². The molecule has 0 bridgehead atoms. The fraction of sp³-hybridized carbons (Fsp3) is 0.360. The lowest BCUT2D eigenvalue weighted by molar-refractivity contribution is 0.0357. The van der Waals surface area contributed by atoms with Crippen LogP contribution < -0.4 is 13.7 Å². The molecule has 0 radical (unpaired) electrons. The first kappa shape index (κ1) is 26.9. The number of hydrogen-bond acceptors (Lipinski definition) is 9. The summed E-state index contributed by atoms with van der Waals surface area (Å²) >= 11 is 0. The molecule has 0 unspecified atom stereocenters. The summed E-state index contributed by atoms with van der Waals surface area (Å²) in [4.78, 5) is 14.6. The Kier molecular flexibility index (Phi) is 8.38. The molecule has 0 aliphatic carbocycles. The third-order valence-electron chi connectivity index (χ3n) is 6.06. The molecule has 1 fully saturated rings. The Morgan fingerprint density at radius 1 is 1.08 bits per heavy atom. The van der Waals surface area contributed by atoms with Gasteiger partial charge in [-0.3, -0.25) is 4.90 Å². The summed E-state index contributed by atoms with van der Waals surface area (Å²) < 4.78 is 45.4. The quantitative estimate of drug-likeness (QED) is 0.247. The zero-order valence-corrected chi connectivity index (χ0v) is 22.2. The first-order valence-electron chi connectivity index (χ1n) is 11.7. The summed E-state index contributed by atoms with van der Waals surface area (Å²) in [6, 6.07) is 8.79. The molecule has 10 nitrogen and oxygen atoms in total. The van der Waals surface area contributed by atoms with Crippen molar-refractivity contribution in [1.82, 2.24) is 19.9 Å². The lowest BCUT2D eigenvalue weighted by atomic mass is 10.0. The van der Waals surface area contributed by atoms with Gasteiger partial charge in [0.1, 0.15) is 12.1 Å². The molecular weight excluding hydrogens is 520 g/mol. The molecule has 0 saturated carbocycles. The highest BCUT2D eigenvalue weighted by atomic mass is 35.5. The van der Waals surface area contributed by atoms with Gasteiger partial charge < -0.3 is 23.4 Å². The molecular formula is C25H29ClN4O6S. The zero-order valence-electron chi connectivity index (χ0n) is 20.6. The standard InChI is InChI=1S/C25H28N4O6S.ClH/c1-32-23-13-19-22(14-24(23)34-9-3-6-29-7-10-33-11-8-29)27-16-28-25(19)20-15-26-21-5-4-17(12-18(20)21)35-36(2,30)31;/h4-5,12-16,26H,3,6-11H2,1-2H3;1H. The number of methoxy groups -OCH3 is 1. The Bertz CT molecular complexity index is 1490. The molecule has 0 atom stereocenters. The van der Waals surface area contributed by atoms with Crippen LogP contribution >= 0.6 is 12.4 Å². The molecule has 1 N–H and O–H groups in total. The SMILES string of the molecule is COc1cc2c(-c3c[nH]c4ccc(OS(C)(=O)=O)cc34)ncnc2cc1OCCCN1CCOCC1.Cl. The minimum atomic E-state index is -3.65. The highest BCUT2D eigenvalue weighted by Crippen LogP contribution is 2.38. The van der Waals surface area contributed by atoms with E-state index >= 15 is 0 Å². The monoisotopic (exact) mass is 548 g/mol. The number of fused-ring (bicyclic) bond motifs is 2. The van der Waals surface area contributed by atoms with Crippen LogP contribution in [-0.4, -0.2) is 81.1 Å². The van der Waals surface area contributed by atoms with Crippen molar-refractivity contribution < 1.29 is 26.8 Å². The van der Waals surface area contributed by atoms with E-state index in [-0.39, 0.29) is 18.2 Å². The fourth-order valence-electron chi connectivity index (χ4n) is 4.37. The van der Waals surface area contributed by atoms with E-state index in [2.05, 4.69) is 19.9 Å². The van der Waals surface area contributed by atoms with Crippen molar-refractivity contribution in [1.29, 1.82) is 0 Å². The van der Waals surface area contributed by atoms with Crippen LogP contribution in [-0.2, 0) is 14.9 Å². The number of rotatable bonds is 9. The molecule has 2 aromatic heterocycles. The first-order valence-corrected chi connectivity index (χ1v) is 13.5. The minimum absolute atomic E-state index is 0. The lowest BCUT2D eigenvalue weighted by Gasteiger charge is -2.26. The van der Waals surface area contributed by atoms with Gasteiger partial charge in [-0.05, 0) is 30.7 Å². The van der Waals surface area contributed by atoms with E-state index in [9.17, 15) is 8.42 Å². The smallest absolute Gasteiger partial charge is 0.306 e. The summed E-state index contributed by atoms with van der Waals surface area (Å²) in [6.45, 7) is 4.98. The number of aromatic nitrogens is 3. The van der Waals surface area contributed by atoms with Gasteiger partial charge in [-0.25, -0.2) is 9.97 Å². The van der Waals surface area contributed by atoms with Gasteiger partial charge in [0.25, 0.3) is 0 Å². The summed E-state index contributed by atoms with van der Waals surface area (Å²) in [5.74, 6) is 1.44. The molecule has 37 heavy (non-hydrogen) atoms. The second-order valence-electron chi connectivity index (χ2n) is 8.60. The molecule has 2 aromatic carbocycles. The van der Waals surface area contributed by atoms with Crippen LogP contribution in [0.15, 0.2) is 42.9 Å². The fourth-order valence-corrected chi connectivity index (χ4v) is 4.82. The average Bonchev–Trinajstić information content (AvgIpc) is 3.28. The molecule has 0 amide bonds. The van der Waals surface area contributed by atoms with Crippen molar-refractivity contribution in [3.05, 3.63) is 42.9 Å². The van der Waals surface area contributed by atoms with Crippen LogP contribution in [0.1, 0.15) is 6.42 Å². The Morgan fingerprint density at radius 3 is 2.65 bits per heavy atom. The first-order chi connectivity index (χ1) is 17.4. The summed E-state index contributed by atoms with van der Waals surface area (Å²) in [5.41, 5.74) is 3.00. The van der Waals surface area contributed by atoms with Gasteiger partial charge in [0.2, 0.25) is 0 Å². The normalized spacial score (nSPS) is 14.4. The molecule has 0 spiro atoms. The average molecular weight is 549 g/mol. The second kappa shape index (κ2) is 11.5. The van der Waals surface area contributed by atoms with Crippen LogP contribution in [0, 0.1) is 0 Å². The maximum atomic E-state index is 11.6. The third-order valence-corrected chi connectivity index (χ3v) is 6.55. The molecule has 12 heteroatoms. The molecule has 3 heterocycles. The summed E-state index contributed by atoms with van der Waals surface area (Å²) in [6.07, 6.45) is 5.24. The van der Waals surface area contributed by atoms with Gasteiger partial charge in [0.05, 0.1) is 44.4 Å². The topological polar surface area (TPSA) is 116 Å². The predicted molar refractivity (Wildman–Crippen MR) is 143 cm³/mol. The van der Waals surface area contributed by atoms with E-state index in [0.29, 0.717) is 29.3 Å². The summed E-state index contributed by atoms with van der Waals surface area (Å²) in [7, 11) is -2.04. The van der Waals surface area contributed by atoms with Crippen molar-refractivity contribution in [3.63, 3.8) is 0 Å². The zero-order chi connectivity index (χ0) is 25.1. The number of nitrogens with one attached hydrogen (secondary N) is 1. The number of nitrogens with zero attached hydrogens (tertiary/aromatic N) is 3. The Morgan fingerprint density at radius 2 is 1.89 bits per heavy atom. The van der Waals surface area contributed by atoms with Crippen LogP contribution in [0.2, 0.25) is 0 Å². The van der Waals surface area contributed by atoms with Crippen LogP contribution in [0.3, 0.4) is 0 Å². The number of halogens is 1. The molecule has 198 valence electrons. The number of aromatic amines is 1. The van der Waals surface area contributed by atoms with E-state index in [1.54, 1.807) is 25.3 Å². The van der Waals surface area contributed by atoms with E-state index in [1.807, 2.05) is 18.3 Å². The van der Waals surface area contributed by atoms with E-state index < -0.39 is 10.1 Å². The number of H-pyrrole nitrogens is 1. The number of morpholine rings is 1. The van der Waals surface area contributed by atoms with Gasteiger partial charge in [0, 0.05) is 53.8 Å². The van der Waals surface area contributed by atoms with Crippen molar-refractivity contribution in [2.45, 2.75) is 6.42 Å². The largest absolute Gasteiger partial charge is 0.493 e. The van der Waals surface area contributed by atoms with Gasteiger partial charge >= 0.3 is 10.1 Å². The second-order valence-corrected chi connectivity index (χ2v) is 10.2. The summed E-state index contributed by atoms with van der Waals surface area (Å²) in [5, 5.41) is 1.56. The van der Waals surface area contributed by atoms with Gasteiger partial charge in [0.15, 0.2) is 11.5 Å². The Balaban J connectivity index is 0.00000320. The van der Waals surface area contributed by atoms with E-state index in [1.165, 1.54) is 6.33 Å². The predicted octanol–water partition coefficient (Wildman–Crippen LogP) is 3.65. The van der Waals surface area contributed by atoms with Gasteiger partial charge in [-0.15, -0.1) is 12.4 Å². The van der Waals surface area contributed by atoms with E-state index in [0.717, 1.165) is 67.4 Å². The van der Waals surface area contributed by atoms with Gasteiger partial charge in [-0.1, -0.05) is 0 Å². The molecule has 5 rings (SSSR count). The molecule has 4 aromatic rings. The van der Waals surface area contributed by atoms with Crippen molar-refractivity contribution in [3.8, 4) is 28.5 Å². The minimum Gasteiger partial charge on any atom is -0.493 e.